The number of rotatable bonds is 3. The van der Waals surface area contributed by atoms with Crippen LogP contribution in [0.25, 0.3) is 0 Å². The smallest absolute Gasteiger partial charge is 0.328 e. The molecule has 0 bridgehead atoms. The predicted molar refractivity (Wildman–Crippen MR) is 103 cm³/mol. The topological polar surface area (TPSA) is 102 Å². The number of urea groups is 1. The van der Waals surface area contributed by atoms with E-state index in [0.717, 1.165) is 29.1 Å². The molecule has 3 heterocycles. The number of imide groups is 1. The number of amides is 4. The number of nitrogens with zero attached hydrogens (tertiary/aromatic N) is 4. The standard InChI is InChI=1S/C18H23ClN6O3/c1-10-11(19)5-3-6-12(10)23-7-4-8-24-14-15(21-17(23)24)22(2)18(28)25(16(14)27)9-13(20)26/h3,5-6,14-15,17,21H,4,7-9H2,1-2H3,(H2,20,26). The first-order valence-corrected chi connectivity index (χ1v) is 9.59. The quantitative estimate of drug-likeness (QED) is 0.739. The number of hydrogen-bond donors (Lipinski definition) is 2. The Bertz CT molecular complexity index is 849. The van der Waals surface area contributed by atoms with Crippen LogP contribution in [-0.2, 0) is 9.59 Å². The minimum atomic E-state index is -0.717. The third kappa shape index (κ3) is 2.81. The van der Waals surface area contributed by atoms with Crippen molar-refractivity contribution in [2.75, 3.05) is 31.6 Å². The fourth-order valence-corrected chi connectivity index (χ4v) is 4.54. The number of primary amides is 1. The van der Waals surface area contributed by atoms with Gasteiger partial charge in [0.25, 0.3) is 5.91 Å². The molecule has 28 heavy (non-hydrogen) atoms. The number of carbonyl (C=O) groups excluding carboxylic acids is 3. The molecule has 0 aliphatic carbocycles. The van der Waals surface area contributed by atoms with Gasteiger partial charge in [-0.05, 0) is 31.0 Å². The maximum Gasteiger partial charge on any atom is 0.328 e. The number of nitrogens with one attached hydrogen (secondary N) is 1. The lowest BCUT2D eigenvalue weighted by Crippen LogP contribution is -2.67. The van der Waals surface area contributed by atoms with Crippen LogP contribution in [-0.4, -0.2) is 77.7 Å². The molecule has 3 saturated heterocycles. The number of anilines is 1. The number of fused-ring (bicyclic) bond motifs is 3. The van der Waals surface area contributed by atoms with Gasteiger partial charge in [0.1, 0.15) is 25.0 Å². The monoisotopic (exact) mass is 406 g/mol. The molecule has 1 aromatic carbocycles. The minimum Gasteiger partial charge on any atom is -0.368 e. The predicted octanol–water partition coefficient (Wildman–Crippen LogP) is 0.121. The third-order valence-corrected chi connectivity index (χ3v) is 6.14. The molecular weight excluding hydrogens is 384 g/mol. The Morgan fingerprint density at radius 2 is 2.07 bits per heavy atom. The lowest BCUT2D eigenvalue weighted by atomic mass is 10.1. The van der Waals surface area contributed by atoms with Crippen molar-refractivity contribution in [1.82, 2.24) is 20.0 Å². The van der Waals surface area contributed by atoms with E-state index >= 15 is 0 Å². The summed E-state index contributed by atoms with van der Waals surface area (Å²) in [6.07, 6.45) is 0.122. The molecule has 3 unspecified atom stereocenters. The van der Waals surface area contributed by atoms with Crippen LogP contribution in [0.4, 0.5) is 10.5 Å². The van der Waals surface area contributed by atoms with E-state index in [4.69, 9.17) is 17.3 Å². The van der Waals surface area contributed by atoms with Crippen molar-refractivity contribution in [1.29, 1.82) is 0 Å². The van der Waals surface area contributed by atoms with Crippen molar-refractivity contribution < 1.29 is 14.4 Å². The van der Waals surface area contributed by atoms with Crippen LogP contribution in [0.3, 0.4) is 0 Å². The van der Waals surface area contributed by atoms with Crippen molar-refractivity contribution in [3.05, 3.63) is 28.8 Å². The molecule has 4 rings (SSSR count). The molecular formula is C18H23ClN6O3. The second-order valence-electron chi connectivity index (χ2n) is 7.38. The Hall–Kier alpha value is -2.36. The van der Waals surface area contributed by atoms with E-state index in [1.54, 1.807) is 7.05 Å². The number of carbonyl (C=O) groups is 3. The summed E-state index contributed by atoms with van der Waals surface area (Å²) < 4.78 is 0. The number of halogens is 1. The zero-order chi connectivity index (χ0) is 20.2. The van der Waals surface area contributed by atoms with E-state index < -0.39 is 36.6 Å². The Labute approximate surface area is 168 Å². The summed E-state index contributed by atoms with van der Waals surface area (Å²) in [6, 6.07) is 4.66. The minimum absolute atomic E-state index is 0.256. The zero-order valence-corrected chi connectivity index (χ0v) is 16.5. The molecule has 3 N–H and O–H groups in total. The second-order valence-corrected chi connectivity index (χ2v) is 7.79. The van der Waals surface area contributed by atoms with Gasteiger partial charge in [0.05, 0.1) is 0 Å². The van der Waals surface area contributed by atoms with Crippen molar-refractivity contribution in [3.8, 4) is 0 Å². The lowest BCUT2D eigenvalue weighted by Gasteiger charge is -2.44. The van der Waals surface area contributed by atoms with Gasteiger partial charge in [0.15, 0.2) is 0 Å². The summed E-state index contributed by atoms with van der Waals surface area (Å²) in [5.74, 6) is -1.11. The van der Waals surface area contributed by atoms with Gasteiger partial charge in [0.2, 0.25) is 5.91 Å². The van der Waals surface area contributed by atoms with Crippen LogP contribution < -0.4 is 16.0 Å². The molecule has 0 spiro atoms. The number of hydrogen-bond acceptors (Lipinski definition) is 6. The molecule has 4 amide bonds. The molecule has 0 radical (unpaired) electrons. The summed E-state index contributed by atoms with van der Waals surface area (Å²) in [7, 11) is 1.63. The Morgan fingerprint density at radius 3 is 2.79 bits per heavy atom. The van der Waals surface area contributed by atoms with Crippen molar-refractivity contribution in [2.45, 2.75) is 31.8 Å². The molecule has 9 nitrogen and oxygen atoms in total. The normalized spacial score (nSPS) is 27.8. The summed E-state index contributed by atoms with van der Waals surface area (Å²) in [5, 5.41) is 4.11. The maximum atomic E-state index is 13.1. The molecule has 0 aromatic heterocycles. The Morgan fingerprint density at radius 1 is 1.32 bits per heavy atom. The molecule has 10 heteroatoms. The third-order valence-electron chi connectivity index (χ3n) is 5.73. The average molecular weight is 407 g/mol. The van der Waals surface area contributed by atoms with Crippen molar-refractivity contribution in [2.24, 2.45) is 5.73 Å². The average Bonchev–Trinajstić information content (AvgIpc) is 3.05. The van der Waals surface area contributed by atoms with E-state index in [2.05, 4.69) is 10.2 Å². The summed E-state index contributed by atoms with van der Waals surface area (Å²) in [4.78, 5) is 43.7. The zero-order valence-electron chi connectivity index (χ0n) is 15.8. The lowest BCUT2D eigenvalue weighted by molar-refractivity contribution is -0.141. The van der Waals surface area contributed by atoms with Gasteiger partial charge in [-0.1, -0.05) is 17.7 Å². The number of likely N-dealkylation sites (N-methyl/N-ethyl adjacent to an activating group) is 1. The molecule has 3 fully saturated rings. The van der Waals surface area contributed by atoms with Crippen molar-refractivity contribution in [3.63, 3.8) is 0 Å². The molecule has 1 aromatic rings. The van der Waals surface area contributed by atoms with Crippen LogP contribution in [0.15, 0.2) is 18.2 Å². The summed E-state index contributed by atoms with van der Waals surface area (Å²) in [6.45, 7) is 3.05. The van der Waals surface area contributed by atoms with Crippen LogP contribution in [0.2, 0.25) is 5.02 Å². The Balaban J connectivity index is 1.68. The fourth-order valence-electron chi connectivity index (χ4n) is 4.37. The van der Waals surface area contributed by atoms with Gasteiger partial charge >= 0.3 is 6.03 Å². The Kier molecular flexibility index (Phi) is 4.68. The van der Waals surface area contributed by atoms with E-state index in [9.17, 15) is 14.4 Å². The molecule has 0 saturated carbocycles. The first-order chi connectivity index (χ1) is 13.3. The first-order valence-electron chi connectivity index (χ1n) is 9.21. The highest BCUT2D eigenvalue weighted by Gasteiger charge is 2.56. The van der Waals surface area contributed by atoms with E-state index in [0.29, 0.717) is 11.6 Å². The number of nitrogens with two attached hydrogens (primary N) is 1. The summed E-state index contributed by atoms with van der Waals surface area (Å²) in [5.41, 5.74) is 7.19. The van der Waals surface area contributed by atoms with Crippen LogP contribution >= 0.6 is 11.6 Å². The van der Waals surface area contributed by atoms with Crippen LogP contribution in [0.5, 0.6) is 0 Å². The SMILES string of the molecule is Cc1c(Cl)cccc1N1CCCN2C3C(=O)N(CC(N)=O)C(=O)N(C)C3NC12. The molecule has 3 atom stereocenters. The van der Waals surface area contributed by atoms with E-state index in [1.165, 1.54) is 4.90 Å². The molecule has 150 valence electrons. The van der Waals surface area contributed by atoms with E-state index in [-0.39, 0.29) is 6.29 Å². The van der Waals surface area contributed by atoms with Crippen LogP contribution in [0, 0.1) is 6.92 Å². The second kappa shape index (κ2) is 6.91. The van der Waals surface area contributed by atoms with Gasteiger partial charge in [-0.3, -0.25) is 24.7 Å². The summed E-state index contributed by atoms with van der Waals surface area (Å²) >= 11 is 6.31. The van der Waals surface area contributed by atoms with Crippen molar-refractivity contribution >= 4 is 35.1 Å². The highest BCUT2D eigenvalue weighted by atomic mass is 35.5. The number of benzene rings is 1. The largest absolute Gasteiger partial charge is 0.368 e. The van der Waals surface area contributed by atoms with Crippen LogP contribution in [0.1, 0.15) is 12.0 Å². The highest BCUT2D eigenvalue weighted by molar-refractivity contribution is 6.31. The van der Waals surface area contributed by atoms with Gasteiger partial charge in [-0.15, -0.1) is 0 Å². The van der Waals surface area contributed by atoms with Gasteiger partial charge in [-0.25, -0.2) is 4.79 Å². The highest BCUT2D eigenvalue weighted by Crippen LogP contribution is 2.35. The van der Waals surface area contributed by atoms with E-state index in [1.807, 2.05) is 30.0 Å². The molecule has 3 aliphatic heterocycles. The van der Waals surface area contributed by atoms with Gasteiger partial charge in [-0.2, -0.15) is 0 Å². The maximum absolute atomic E-state index is 13.1. The molecule has 3 aliphatic rings. The van der Waals surface area contributed by atoms with Gasteiger partial charge in [0, 0.05) is 30.8 Å². The fraction of sp³-hybridized carbons (Fsp3) is 0.500. The van der Waals surface area contributed by atoms with Gasteiger partial charge < -0.3 is 15.5 Å². The first kappa shape index (κ1) is 19.0.